The van der Waals surface area contributed by atoms with Gasteiger partial charge >= 0.3 is 0 Å². The Labute approximate surface area is 148 Å². The lowest BCUT2D eigenvalue weighted by atomic mass is 9.88. The quantitative estimate of drug-likeness (QED) is 0.861. The molecule has 136 valence electrons. The van der Waals surface area contributed by atoms with Crippen LogP contribution in [0.5, 0.6) is 5.75 Å². The van der Waals surface area contributed by atoms with Crippen LogP contribution in [-0.2, 0) is 9.59 Å². The van der Waals surface area contributed by atoms with Crippen LogP contribution in [0.1, 0.15) is 37.2 Å². The number of likely N-dealkylation sites (tertiary alicyclic amines) is 2. The molecule has 3 rings (SSSR count). The molecule has 0 bridgehead atoms. The summed E-state index contributed by atoms with van der Waals surface area (Å²) >= 11 is 0. The normalized spacial score (nSPS) is 22.7. The Hall–Kier alpha value is -2.08. The summed E-state index contributed by atoms with van der Waals surface area (Å²) in [6.07, 6.45) is 3.67. The highest BCUT2D eigenvalue weighted by Gasteiger charge is 2.32. The fraction of sp³-hybridized carbons (Fsp3) is 0.579. The summed E-state index contributed by atoms with van der Waals surface area (Å²) in [5.41, 5.74) is 6.43. The van der Waals surface area contributed by atoms with E-state index < -0.39 is 0 Å². The lowest BCUT2D eigenvalue weighted by Crippen LogP contribution is -2.48. The van der Waals surface area contributed by atoms with E-state index in [2.05, 4.69) is 0 Å². The molecule has 0 aliphatic carbocycles. The van der Waals surface area contributed by atoms with Crippen molar-refractivity contribution in [1.82, 2.24) is 9.80 Å². The number of primary amides is 1. The lowest BCUT2D eigenvalue weighted by Gasteiger charge is -2.37. The van der Waals surface area contributed by atoms with Gasteiger partial charge in [0.15, 0.2) is 0 Å². The van der Waals surface area contributed by atoms with Crippen molar-refractivity contribution in [3.05, 3.63) is 29.8 Å². The fourth-order valence-corrected chi connectivity index (χ4v) is 4.09. The van der Waals surface area contributed by atoms with Crippen molar-refractivity contribution >= 4 is 11.8 Å². The first kappa shape index (κ1) is 17.7. The first-order chi connectivity index (χ1) is 12.0. The molecule has 25 heavy (non-hydrogen) atoms. The molecule has 2 fully saturated rings. The maximum atomic E-state index is 12.8. The molecule has 2 aliphatic rings. The molecule has 1 atom stereocenters. The number of carbonyl (C=O) groups excluding carboxylic acids is 2. The molecular weight excluding hydrogens is 318 g/mol. The van der Waals surface area contributed by atoms with Crippen LogP contribution in [0.4, 0.5) is 0 Å². The predicted molar refractivity (Wildman–Crippen MR) is 95.0 cm³/mol. The number of amides is 2. The number of aromatic hydroxyl groups is 1. The summed E-state index contributed by atoms with van der Waals surface area (Å²) < 4.78 is 0. The first-order valence-electron chi connectivity index (χ1n) is 9.11. The number of carbonyl (C=O) groups is 2. The number of rotatable bonds is 4. The number of hydrogen-bond acceptors (Lipinski definition) is 4. The smallest absolute Gasteiger partial charge is 0.231 e. The van der Waals surface area contributed by atoms with Crippen LogP contribution in [0, 0.1) is 5.92 Å². The minimum Gasteiger partial charge on any atom is -0.508 e. The van der Waals surface area contributed by atoms with Crippen LogP contribution < -0.4 is 5.73 Å². The Morgan fingerprint density at radius 2 is 1.92 bits per heavy atom. The van der Waals surface area contributed by atoms with Crippen molar-refractivity contribution in [2.45, 2.75) is 31.6 Å². The zero-order chi connectivity index (χ0) is 17.8. The SMILES string of the molecule is NC(=O)CN1CCCC(C(=O)N2CCC(c3cccc(O)c3)CC2)C1. The summed E-state index contributed by atoms with van der Waals surface area (Å²) in [6.45, 7) is 3.22. The van der Waals surface area contributed by atoms with Crippen LogP contribution >= 0.6 is 0 Å². The molecule has 2 amide bonds. The number of piperidine rings is 2. The van der Waals surface area contributed by atoms with Gasteiger partial charge in [-0.15, -0.1) is 0 Å². The molecule has 0 radical (unpaired) electrons. The molecule has 0 aromatic heterocycles. The highest BCUT2D eigenvalue weighted by atomic mass is 16.3. The second-order valence-corrected chi connectivity index (χ2v) is 7.24. The van der Waals surface area contributed by atoms with Gasteiger partial charge in [-0.3, -0.25) is 14.5 Å². The lowest BCUT2D eigenvalue weighted by molar-refractivity contribution is -0.139. The van der Waals surface area contributed by atoms with Gasteiger partial charge in [-0.1, -0.05) is 12.1 Å². The van der Waals surface area contributed by atoms with Crippen LogP contribution in [0.15, 0.2) is 24.3 Å². The molecule has 6 nitrogen and oxygen atoms in total. The van der Waals surface area contributed by atoms with Crippen molar-refractivity contribution in [1.29, 1.82) is 0 Å². The molecule has 2 saturated heterocycles. The molecule has 0 saturated carbocycles. The third kappa shape index (κ3) is 4.51. The number of benzene rings is 1. The molecular formula is C19H27N3O3. The van der Waals surface area contributed by atoms with E-state index in [1.807, 2.05) is 28.0 Å². The highest BCUT2D eigenvalue weighted by molar-refractivity contribution is 5.80. The average molecular weight is 345 g/mol. The van der Waals surface area contributed by atoms with Crippen LogP contribution in [0.2, 0.25) is 0 Å². The summed E-state index contributed by atoms with van der Waals surface area (Å²) in [4.78, 5) is 27.9. The molecule has 1 aromatic carbocycles. The molecule has 6 heteroatoms. The monoisotopic (exact) mass is 345 g/mol. The molecule has 2 heterocycles. The van der Waals surface area contributed by atoms with Gasteiger partial charge in [-0.05, 0) is 55.8 Å². The maximum Gasteiger partial charge on any atom is 0.231 e. The average Bonchev–Trinajstić information content (AvgIpc) is 2.61. The largest absolute Gasteiger partial charge is 0.508 e. The van der Waals surface area contributed by atoms with Gasteiger partial charge in [0.05, 0.1) is 12.5 Å². The van der Waals surface area contributed by atoms with Crippen molar-refractivity contribution in [3.63, 3.8) is 0 Å². The van der Waals surface area contributed by atoms with Crippen molar-refractivity contribution in [2.24, 2.45) is 11.7 Å². The highest BCUT2D eigenvalue weighted by Crippen LogP contribution is 2.31. The van der Waals surface area contributed by atoms with E-state index >= 15 is 0 Å². The fourth-order valence-electron chi connectivity index (χ4n) is 4.09. The minimum absolute atomic E-state index is 0.0228. The van der Waals surface area contributed by atoms with Crippen molar-refractivity contribution < 1.29 is 14.7 Å². The summed E-state index contributed by atoms with van der Waals surface area (Å²) in [7, 11) is 0. The van der Waals surface area contributed by atoms with Gasteiger partial charge in [-0.25, -0.2) is 0 Å². The van der Waals surface area contributed by atoms with Crippen molar-refractivity contribution in [2.75, 3.05) is 32.7 Å². The molecule has 3 N–H and O–H groups in total. The summed E-state index contributed by atoms with van der Waals surface area (Å²) in [5, 5.41) is 9.64. The van der Waals surface area contributed by atoms with Crippen LogP contribution in [-0.4, -0.2) is 59.4 Å². The molecule has 1 unspecified atom stereocenters. The van der Waals surface area contributed by atoms with E-state index in [1.165, 1.54) is 0 Å². The molecule has 0 spiro atoms. The Kier molecular flexibility index (Phi) is 5.58. The van der Waals surface area contributed by atoms with Crippen LogP contribution in [0.25, 0.3) is 0 Å². The van der Waals surface area contributed by atoms with Gasteiger partial charge in [0.2, 0.25) is 11.8 Å². The minimum atomic E-state index is -0.333. The Morgan fingerprint density at radius 3 is 2.60 bits per heavy atom. The first-order valence-corrected chi connectivity index (χ1v) is 9.11. The molecule has 2 aliphatic heterocycles. The van der Waals surface area contributed by atoms with Crippen molar-refractivity contribution in [3.8, 4) is 5.75 Å². The van der Waals surface area contributed by atoms with E-state index in [4.69, 9.17) is 5.73 Å². The number of nitrogens with two attached hydrogens (primary N) is 1. The Morgan fingerprint density at radius 1 is 1.16 bits per heavy atom. The second-order valence-electron chi connectivity index (χ2n) is 7.24. The van der Waals surface area contributed by atoms with E-state index in [0.717, 1.165) is 50.9 Å². The third-order valence-corrected chi connectivity index (χ3v) is 5.38. The van der Waals surface area contributed by atoms with Gasteiger partial charge in [0, 0.05) is 19.6 Å². The maximum absolute atomic E-state index is 12.8. The summed E-state index contributed by atoms with van der Waals surface area (Å²) in [5.74, 6) is 0.551. The zero-order valence-corrected chi connectivity index (χ0v) is 14.6. The van der Waals surface area contributed by atoms with Gasteiger partial charge < -0.3 is 15.7 Å². The summed E-state index contributed by atoms with van der Waals surface area (Å²) in [6, 6.07) is 7.43. The topological polar surface area (TPSA) is 86.9 Å². The van der Waals surface area contributed by atoms with Crippen LogP contribution in [0.3, 0.4) is 0 Å². The predicted octanol–water partition coefficient (Wildman–Crippen LogP) is 1.30. The number of phenolic OH excluding ortho intramolecular Hbond substituents is 1. The zero-order valence-electron chi connectivity index (χ0n) is 14.6. The number of hydrogen-bond donors (Lipinski definition) is 2. The standard InChI is InChI=1S/C19H27N3O3/c20-18(24)13-21-8-2-4-16(12-21)19(25)22-9-6-14(7-10-22)15-3-1-5-17(23)11-15/h1,3,5,11,14,16,23H,2,4,6-10,12-13H2,(H2,20,24). The van der Waals surface area contributed by atoms with Gasteiger partial charge in [0.1, 0.15) is 5.75 Å². The van der Waals surface area contributed by atoms with E-state index in [1.54, 1.807) is 6.07 Å². The van der Waals surface area contributed by atoms with E-state index in [0.29, 0.717) is 18.2 Å². The third-order valence-electron chi connectivity index (χ3n) is 5.38. The number of nitrogens with zero attached hydrogens (tertiary/aromatic N) is 2. The second kappa shape index (κ2) is 7.87. The van der Waals surface area contributed by atoms with E-state index in [-0.39, 0.29) is 24.3 Å². The van der Waals surface area contributed by atoms with Gasteiger partial charge in [0.25, 0.3) is 0 Å². The number of phenols is 1. The Bertz CT molecular complexity index is 626. The van der Waals surface area contributed by atoms with E-state index in [9.17, 15) is 14.7 Å². The Balaban J connectivity index is 1.53. The molecule has 1 aromatic rings. The van der Waals surface area contributed by atoms with Gasteiger partial charge in [-0.2, -0.15) is 0 Å².